The van der Waals surface area contributed by atoms with Gasteiger partial charge >= 0.3 is 6.18 Å². The van der Waals surface area contributed by atoms with E-state index in [0.717, 1.165) is 31.5 Å². The second-order valence-corrected chi connectivity index (χ2v) is 5.07. The fraction of sp³-hybridized carbons (Fsp3) is 0.417. The number of hydrogen-bond acceptors (Lipinski definition) is 2. The lowest BCUT2D eigenvalue weighted by Crippen LogP contribution is -2.04. The summed E-state index contributed by atoms with van der Waals surface area (Å²) in [5, 5.41) is 3.05. The Balaban J connectivity index is 2.34. The van der Waals surface area contributed by atoms with Crippen LogP contribution in [-0.2, 0) is 6.18 Å². The quantitative estimate of drug-likeness (QED) is 0.804. The molecule has 2 N–H and O–H groups in total. The van der Waals surface area contributed by atoms with Gasteiger partial charge in [0.1, 0.15) is 5.52 Å². The standard InChI is InChI=1S/C12H13BrF3N3/c1-2-3-4-17-11-18-9-6-7(12(14,15)16)5-8(13)10(9)19-11/h5-6H,2-4H2,1H3,(H2,17,18,19). The van der Waals surface area contributed by atoms with Gasteiger partial charge in [-0.05, 0) is 34.5 Å². The summed E-state index contributed by atoms with van der Waals surface area (Å²) in [4.78, 5) is 7.08. The van der Waals surface area contributed by atoms with Gasteiger partial charge in [0.2, 0.25) is 5.95 Å². The summed E-state index contributed by atoms with van der Waals surface area (Å²) in [5.41, 5.74) is 0.156. The van der Waals surface area contributed by atoms with E-state index in [2.05, 4.69) is 38.1 Å². The Morgan fingerprint density at radius 1 is 1.37 bits per heavy atom. The van der Waals surface area contributed by atoms with Gasteiger partial charge in [-0.15, -0.1) is 0 Å². The van der Waals surface area contributed by atoms with Crippen LogP contribution in [-0.4, -0.2) is 16.5 Å². The highest BCUT2D eigenvalue weighted by Gasteiger charge is 2.31. The number of benzene rings is 1. The van der Waals surface area contributed by atoms with Crippen molar-refractivity contribution >= 4 is 32.9 Å². The summed E-state index contributed by atoms with van der Waals surface area (Å²) < 4.78 is 38.4. The van der Waals surface area contributed by atoms with Crippen LogP contribution in [0.15, 0.2) is 16.6 Å². The van der Waals surface area contributed by atoms with E-state index in [0.29, 0.717) is 21.5 Å². The van der Waals surface area contributed by atoms with Crippen LogP contribution in [0.5, 0.6) is 0 Å². The molecule has 0 aliphatic heterocycles. The fourth-order valence-electron chi connectivity index (χ4n) is 1.71. The summed E-state index contributed by atoms with van der Waals surface area (Å²) in [7, 11) is 0. The van der Waals surface area contributed by atoms with Crippen LogP contribution in [0.25, 0.3) is 11.0 Å². The van der Waals surface area contributed by atoms with Crippen molar-refractivity contribution in [2.45, 2.75) is 25.9 Å². The molecule has 0 aliphatic carbocycles. The third-order valence-electron chi connectivity index (χ3n) is 2.69. The molecule has 1 aromatic carbocycles. The second-order valence-electron chi connectivity index (χ2n) is 4.22. The van der Waals surface area contributed by atoms with Crippen molar-refractivity contribution in [1.29, 1.82) is 0 Å². The maximum atomic E-state index is 12.7. The Morgan fingerprint density at radius 2 is 2.11 bits per heavy atom. The number of nitrogens with one attached hydrogen (secondary N) is 2. The molecule has 0 spiro atoms. The minimum atomic E-state index is -4.36. The number of hydrogen-bond donors (Lipinski definition) is 2. The van der Waals surface area contributed by atoms with Crippen molar-refractivity contribution in [3.8, 4) is 0 Å². The molecule has 0 unspecified atom stereocenters. The van der Waals surface area contributed by atoms with E-state index < -0.39 is 11.7 Å². The first-order valence-electron chi connectivity index (χ1n) is 5.92. The van der Waals surface area contributed by atoms with Crippen molar-refractivity contribution < 1.29 is 13.2 Å². The molecule has 0 saturated heterocycles. The number of aromatic nitrogens is 2. The lowest BCUT2D eigenvalue weighted by molar-refractivity contribution is -0.137. The molecule has 2 aromatic rings. The third-order valence-corrected chi connectivity index (χ3v) is 3.29. The molecule has 0 saturated carbocycles. The van der Waals surface area contributed by atoms with E-state index in [1.54, 1.807) is 0 Å². The van der Waals surface area contributed by atoms with Crippen molar-refractivity contribution in [1.82, 2.24) is 9.97 Å². The van der Waals surface area contributed by atoms with Gasteiger partial charge in [0, 0.05) is 11.0 Å². The molecule has 2 rings (SSSR count). The zero-order chi connectivity index (χ0) is 14.0. The molecule has 104 valence electrons. The Morgan fingerprint density at radius 3 is 2.74 bits per heavy atom. The minimum absolute atomic E-state index is 0.331. The summed E-state index contributed by atoms with van der Waals surface area (Å²) in [6.07, 6.45) is -2.35. The largest absolute Gasteiger partial charge is 0.416 e. The smallest absolute Gasteiger partial charge is 0.356 e. The molecule has 0 aliphatic rings. The van der Waals surface area contributed by atoms with Crippen molar-refractivity contribution in [2.24, 2.45) is 0 Å². The van der Waals surface area contributed by atoms with Crippen LogP contribution in [0.4, 0.5) is 19.1 Å². The Kier molecular flexibility index (Phi) is 4.03. The summed E-state index contributed by atoms with van der Waals surface area (Å²) in [5.74, 6) is 0.489. The van der Waals surface area contributed by atoms with Gasteiger partial charge in [-0.25, -0.2) is 4.98 Å². The van der Waals surface area contributed by atoms with Crippen molar-refractivity contribution in [3.63, 3.8) is 0 Å². The Hall–Kier alpha value is -1.24. The fourth-order valence-corrected chi connectivity index (χ4v) is 2.26. The number of aromatic amines is 1. The van der Waals surface area contributed by atoms with E-state index in [-0.39, 0.29) is 0 Å². The van der Waals surface area contributed by atoms with Crippen molar-refractivity contribution in [3.05, 3.63) is 22.2 Å². The first-order valence-corrected chi connectivity index (χ1v) is 6.71. The number of halogens is 4. The van der Waals surface area contributed by atoms with Crippen molar-refractivity contribution in [2.75, 3.05) is 11.9 Å². The lowest BCUT2D eigenvalue weighted by Gasteiger charge is -2.06. The monoisotopic (exact) mass is 335 g/mol. The van der Waals surface area contributed by atoms with Gasteiger partial charge in [0.25, 0.3) is 0 Å². The molecule has 1 aromatic heterocycles. The number of imidazole rings is 1. The van der Waals surface area contributed by atoms with Crippen LogP contribution in [0, 0.1) is 0 Å². The Labute approximate surface area is 116 Å². The summed E-state index contributed by atoms with van der Waals surface area (Å²) in [6, 6.07) is 2.11. The van der Waals surface area contributed by atoms with Gasteiger partial charge in [0.15, 0.2) is 0 Å². The molecular formula is C12H13BrF3N3. The first kappa shape index (κ1) is 14.2. The molecule has 1 heterocycles. The highest BCUT2D eigenvalue weighted by molar-refractivity contribution is 9.10. The average molecular weight is 336 g/mol. The van der Waals surface area contributed by atoms with E-state index in [4.69, 9.17) is 0 Å². The van der Waals surface area contributed by atoms with Crippen LogP contribution in [0.1, 0.15) is 25.3 Å². The van der Waals surface area contributed by atoms with Gasteiger partial charge < -0.3 is 10.3 Å². The highest BCUT2D eigenvalue weighted by atomic mass is 79.9. The molecule has 19 heavy (non-hydrogen) atoms. The SMILES string of the molecule is CCCCNc1nc2c(Br)cc(C(F)(F)F)cc2[nH]1. The van der Waals surface area contributed by atoms with Gasteiger partial charge in [0.05, 0.1) is 11.1 Å². The maximum Gasteiger partial charge on any atom is 0.416 e. The van der Waals surface area contributed by atoms with E-state index >= 15 is 0 Å². The molecule has 3 nitrogen and oxygen atoms in total. The summed E-state index contributed by atoms with van der Waals surface area (Å²) >= 11 is 3.13. The van der Waals surface area contributed by atoms with Crippen LogP contribution >= 0.6 is 15.9 Å². The molecule has 0 fully saturated rings. The molecule has 0 bridgehead atoms. The van der Waals surface area contributed by atoms with Gasteiger partial charge in [-0.1, -0.05) is 13.3 Å². The first-order chi connectivity index (χ1) is 8.91. The predicted molar refractivity (Wildman–Crippen MR) is 72.2 cm³/mol. The third kappa shape index (κ3) is 3.20. The van der Waals surface area contributed by atoms with E-state index in [1.165, 1.54) is 0 Å². The van der Waals surface area contributed by atoms with Gasteiger partial charge in [-0.2, -0.15) is 13.2 Å². The maximum absolute atomic E-state index is 12.7. The lowest BCUT2D eigenvalue weighted by atomic mass is 10.2. The van der Waals surface area contributed by atoms with Crippen LogP contribution < -0.4 is 5.32 Å². The topological polar surface area (TPSA) is 40.7 Å². The number of nitrogens with zero attached hydrogens (tertiary/aromatic N) is 1. The molecule has 0 radical (unpaired) electrons. The Bertz CT molecular complexity index is 577. The van der Waals surface area contributed by atoms with E-state index in [1.807, 2.05) is 0 Å². The summed E-state index contributed by atoms with van der Waals surface area (Å²) in [6.45, 7) is 2.80. The van der Waals surface area contributed by atoms with Crippen LogP contribution in [0.2, 0.25) is 0 Å². The van der Waals surface area contributed by atoms with Crippen LogP contribution in [0.3, 0.4) is 0 Å². The number of anilines is 1. The number of H-pyrrole nitrogens is 1. The highest BCUT2D eigenvalue weighted by Crippen LogP contribution is 2.34. The molecule has 7 heteroatoms. The van der Waals surface area contributed by atoms with Gasteiger partial charge in [-0.3, -0.25) is 0 Å². The number of unbranched alkanes of at least 4 members (excludes halogenated alkanes) is 1. The molecule has 0 atom stereocenters. The molecule has 0 amide bonds. The predicted octanol–water partition coefficient (Wildman–Crippen LogP) is 4.56. The minimum Gasteiger partial charge on any atom is -0.356 e. The zero-order valence-electron chi connectivity index (χ0n) is 10.2. The number of fused-ring (bicyclic) bond motifs is 1. The second kappa shape index (κ2) is 5.40. The zero-order valence-corrected chi connectivity index (χ0v) is 11.8. The number of alkyl halides is 3. The van der Waals surface area contributed by atoms with E-state index in [9.17, 15) is 13.2 Å². The average Bonchev–Trinajstić information content (AvgIpc) is 2.71. The normalized spacial score (nSPS) is 12.1. The number of rotatable bonds is 4. The molecular weight excluding hydrogens is 323 g/mol.